The van der Waals surface area contributed by atoms with Gasteiger partial charge in [0, 0.05) is 18.5 Å². The maximum Gasteiger partial charge on any atom is 0.383 e. The van der Waals surface area contributed by atoms with Crippen LogP contribution in [0.25, 0.3) is 0 Å². The summed E-state index contributed by atoms with van der Waals surface area (Å²) in [6.07, 6.45) is -4.09. The van der Waals surface area contributed by atoms with Gasteiger partial charge in [0.15, 0.2) is 0 Å². The number of carbonyl (C=O) groups is 2. The molecule has 0 fully saturated rings. The van der Waals surface area contributed by atoms with Gasteiger partial charge in [-0.05, 0) is 24.3 Å². The molecule has 0 heterocycles. The Hall–Kier alpha value is -2.16. The van der Waals surface area contributed by atoms with Crippen LogP contribution >= 0.6 is 0 Å². The van der Waals surface area contributed by atoms with Gasteiger partial charge in [-0.2, -0.15) is 8.78 Å². The van der Waals surface area contributed by atoms with E-state index in [1.165, 1.54) is 31.4 Å². The molecule has 116 valence electrons. The molecular weight excluding hydrogens is 296 g/mol. The van der Waals surface area contributed by atoms with Crippen LogP contribution in [0.1, 0.15) is 0 Å². The van der Waals surface area contributed by atoms with Crippen molar-refractivity contribution in [1.82, 2.24) is 0 Å². The zero-order valence-electron chi connectivity index (χ0n) is 10.8. The molecule has 0 aliphatic carbocycles. The smallest absolute Gasteiger partial charge is 0.375 e. The summed E-state index contributed by atoms with van der Waals surface area (Å²) in [4.78, 5) is 22.2. The fourth-order valence-electron chi connectivity index (χ4n) is 1.28. The first-order chi connectivity index (χ1) is 9.77. The van der Waals surface area contributed by atoms with E-state index < -0.39 is 24.2 Å². The molecule has 1 rings (SSSR count). The molecule has 0 unspecified atom stereocenters. The molecule has 0 radical (unpaired) electrons. The summed E-state index contributed by atoms with van der Waals surface area (Å²) in [5, 5.41) is 4.09. The van der Waals surface area contributed by atoms with E-state index in [-0.39, 0.29) is 12.3 Å². The Morgan fingerprint density at radius 3 is 2.05 bits per heavy atom. The van der Waals surface area contributed by atoms with Crippen molar-refractivity contribution >= 4 is 23.2 Å². The molecule has 1 aromatic rings. The Morgan fingerprint density at radius 1 is 1.14 bits per heavy atom. The van der Waals surface area contributed by atoms with Crippen molar-refractivity contribution < 1.29 is 31.9 Å². The molecule has 0 aliphatic rings. The Labute approximate surface area is 117 Å². The van der Waals surface area contributed by atoms with Gasteiger partial charge in [-0.3, -0.25) is 9.59 Å². The summed E-state index contributed by atoms with van der Waals surface area (Å²) < 4.78 is 54.0. The van der Waals surface area contributed by atoms with Gasteiger partial charge in [-0.1, -0.05) is 0 Å². The van der Waals surface area contributed by atoms with Crippen LogP contribution in [0.2, 0.25) is 0 Å². The fourth-order valence-corrected chi connectivity index (χ4v) is 1.28. The van der Waals surface area contributed by atoms with E-state index in [2.05, 4.69) is 10.1 Å². The maximum absolute atomic E-state index is 12.7. The normalized spacial score (nSPS) is 11.3. The molecule has 0 aliphatic heterocycles. The third-order valence-electron chi connectivity index (χ3n) is 2.28. The number of ether oxygens (including phenoxy) is 1. The monoisotopic (exact) mass is 308 g/mol. The number of benzene rings is 1. The molecule has 0 saturated heterocycles. The number of hydrogen-bond acceptors (Lipinski definition) is 3. The highest BCUT2D eigenvalue weighted by atomic mass is 19.3. The number of hydrogen-bond donors (Lipinski definition) is 2. The summed E-state index contributed by atoms with van der Waals surface area (Å²) in [7, 11) is 1.33. The Bertz CT molecular complexity index is 506. The molecule has 0 aromatic heterocycles. The minimum absolute atomic E-state index is 0.106. The van der Waals surface area contributed by atoms with E-state index in [9.17, 15) is 27.2 Å². The summed E-state index contributed by atoms with van der Waals surface area (Å²) in [6, 6.07) is 4.98. The summed E-state index contributed by atoms with van der Waals surface area (Å²) in [6.45, 7) is -0.168. The average molecular weight is 308 g/mol. The number of methoxy groups -OCH3 is 1. The van der Waals surface area contributed by atoms with Crippen molar-refractivity contribution in [3.63, 3.8) is 0 Å². The Morgan fingerprint density at radius 2 is 1.62 bits per heavy atom. The first kappa shape index (κ1) is 16.9. The molecule has 2 N–H and O–H groups in total. The zero-order valence-corrected chi connectivity index (χ0v) is 10.8. The molecule has 5 nitrogen and oxygen atoms in total. The number of nitrogens with one attached hydrogen (secondary N) is 2. The van der Waals surface area contributed by atoms with E-state index in [0.717, 1.165) is 0 Å². The highest BCUT2D eigenvalue weighted by molar-refractivity contribution is 5.97. The van der Waals surface area contributed by atoms with E-state index >= 15 is 0 Å². The van der Waals surface area contributed by atoms with E-state index in [4.69, 9.17) is 0 Å². The quantitative estimate of drug-likeness (QED) is 0.791. The fraction of sp³-hybridized carbons (Fsp3) is 0.333. The lowest BCUT2D eigenvalue weighted by atomic mass is 10.2. The minimum atomic E-state index is -4.77. The van der Waals surface area contributed by atoms with Gasteiger partial charge < -0.3 is 15.4 Å². The van der Waals surface area contributed by atoms with Gasteiger partial charge >= 0.3 is 18.3 Å². The van der Waals surface area contributed by atoms with Crippen molar-refractivity contribution in [1.29, 1.82) is 0 Å². The molecule has 1 aromatic carbocycles. The Balaban J connectivity index is 2.67. The van der Waals surface area contributed by atoms with Gasteiger partial charge in [0.2, 0.25) is 5.91 Å². The zero-order chi connectivity index (χ0) is 16.0. The summed E-state index contributed by atoms with van der Waals surface area (Å²) >= 11 is 0. The first-order valence-corrected chi connectivity index (χ1v) is 5.63. The molecule has 9 heteroatoms. The van der Waals surface area contributed by atoms with Gasteiger partial charge in [-0.25, -0.2) is 8.78 Å². The molecule has 0 atom stereocenters. The van der Waals surface area contributed by atoms with Crippen LogP contribution in [-0.2, 0) is 14.3 Å². The van der Waals surface area contributed by atoms with E-state index in [0.29, 0.717) is 5.69 Å². The van der Waals surface area contributed by atoms with E-state index in [1.807, 2.05) is 0 Å². The SMILES string of the molecule is COCC(=O)Nc1ccc(NC(=O)C(F)(F)C(F)F)cc1. The predicted molar refractivity (Wildman–Crippen MR) is 66.5 cm³/mol. The van der Waals surface area contributed by atoms with Crippen LogP contribution in [0.15, 0.2) is 24.3 Å². The average Bonchev–Trinajstić information content (AvgIpc) is 2.41. The molecule has 0 bridgehead atoms. The van der Waals surface area contributed by atoms with Crippen molar-refractivity contribution in [2.45, 2.75) is 12.3 Å². The van der Waals surface area contributed by atoms with Crippen LogP contribution in [0.5, 0.6) is 0 Å². The largest absolute Gasteiger partial charge is 0.383 e. The first-order valence-electron chi connectivity index (χ1n) is 5.63. The van der Waals surface area contributed by atoms with Crippen molar-refractivity contribution in [2.75, 3.05) is 24.4 Å². The third-order valence-corrected chi connectivity index (χ3v) is 2.28. The molecule has 2 amide bonds. The predicted octanol–water partition coefficient (Wildman–Crippen LogP) is 2.11. The summed E-state index contributed by atoms with van der Waals surface area (Å²) in [5.74, 6) is -7.31. The van der Waals surface area contributed by atoms with Crippen LogP contribution < -0.4 is 10.6 Å². The number of alkyl halides is 4. The second kappa shape index (κ2) is 7.02. The molecule has 0 spiro atoms. The number of carbonyl (C=O) groups excluding carboxylic acids is 2. The number of halogens is 4. The molecule has 0 saturated carbocycles. The van der Waals surface area contributed by atoms with E-state index in [1.54, 1.807) is 5.32 Å². The Kier molecular flexibility index (Phi) is 5.65. The second-order valence-electron chi connectivity index (χ2n) is 3.94. The topological polar surface area (TPSA) is 67.4 Å². The standard InChI is InChI=1S/C12H12F4N2O3/c1-21-6-9(19)17-7-2-4-8(5-3-7)18-11(20)12(15,16)10(13)14/h2-5,10H,6H2,1H3,(H,17,19)(H,18,20). The minimum Gasteiger partial charge on any atom is -0.375 e. The van der Waals surface area contributed by atoms with Crippen LogP contribution in [0.3, 0.4) is 0 Å². The highest BCUT2D eigenvalue weighted by Gasteiger charge is 2.48. The maximum atomic E-state index is 12.7. The molecular formula is C12H12F4N2O3. The van der Waals surface area contributed by atoms with Crippen molar-refractivity contribution in [3.8, 4) is 0 Å². The lowest BCUT2D eigenvalue weighted by Crippen LogP contribution is -2.40. The third kappa shape index (κ3) is 4.71. The van der Waals surface area contributed by atoms with Gasteiger partial charge in [-0.15, -0.1) is 0 Å². The number of rotatable bonds is 6. The highest BCUT2D eigenvalue weighted by Crippen LogP contribution is 2.25. The lowest BCUT2D eigenvalue weighted by molar-refractivity contribution is -0.163. The summed E-state index contributed by atoms with van der Waals surface area (Å²) in [5.41, 5.74) is 0.223. The lowest BCUT2D eigenvalue weighted by Gasteiger charge is -2.15. The van der Waals surface area contributed by atoms with Crippen molar-refractivity contribution in [2.24, 2.45) is 0 Å². The van der Waals surface area contributed by atoms with Gasteiger partial charge in [0.25, 0.3) is 0 Å². The van der Waals surface area contributed by atoms with Crippen LogP contribution in [0, 0.1) is 0 Å². The van der Waals surface area contributed by atoms with Gasteiger partial charge in [0.05, 0.1) is 0 Å². The van der Waals surface area contributed by atoms with Crippen LogP contribution in [-0.4, -0.2) is 37.9 Å². The number of amides is 2. The second-order valence-corrected chi connectivity index (χ2v) is 3.94. The van der Waals surface area contributed by atoms with Crippen molar-refractivity contribution in [3.05, 3.63) is 24.3 Å². The van der Waals surface area contributed by atoms with Crippen LogP contribution in [0.4, 0.5) is 28.9 Å². The van der Waals surface area contributed by atoms with Gasteiger partial charge in [0.1, 0.15) is 6.61 Å². The number of anilines is 2. The molecule has 21 heavy (non-hydrogen) atoms.